The predicted molar refractivity (Wildman–Crippen MR) is 121 cm³/mol. The van der Waals surface area contributed by atoms with Crippen molar-refractivity contribution in [3.63, 3.8) is 0 Å². The number of benzene rings is 1. The number of fused-ring (bicyclic) bond motifs is 2. The molecule has 2 fully saturated rings. The van der Waals surface area contributed by atoms with Gasteiger partial charge in [-0.1, -0.05) is 42.1 Å². The molecule has 7 nitrogen and oxygen atoms in total. The van der Waals surface area contributed by atoms with Crippen LogP contribution < -0.4 is 10.6 Å². The monoisotopic (exact) mass is 483 g/mol. The Morgan fingerprint density at radius 3 is 2.53 bits per heavy atom. The number of rotatable bonds is 5. The number of piperidine rings is 1. The van der Waals surface area contributed by atoms with Gasteiger partial charge in [-0.05, 0) is 29.5 Å². The lowest BCUT2D eigenvalue weighted by Crippen LogP contribution is -2.35. The van der Waals surface area contributed by atoms with Gasteiger partial charge in [0.1, 0.15) is 5.03 Å². The molecule has 34 heavy (non-hydrogen) atoms. The van der Waals surface area contributed by atoms with E-state index >= 15 is 0 Å². The molecular formula is C23H20F3N7S. The quantitative estimate of drug-likeness (QED) is 0.445. The van der Waals surface area contributed by atoms with Gasteiger partial charge in [-0.25, -0.2) is 9.97 Å². The van der Waals surface area contributed by atoms with Crippen molar-refractivity contribution in [1.29, 1.82) is 0 Å². The maximum atomic E-state index is 13.3. The minimum Gasteiger partial charge on any atom is -0.342 e. The van der Waals surface area contributed by atoms with Crippen LogP contribution >= 0.6 is 11.8 Å². The number of nitrogens with one attached hydrogen (secondary N) is 1. The van der Waals surface area contributed by atoms with Gasteiger partial charge < -0.3 is 15.6 Å². The Morgan fingerprint density at radius 1 is 1.06 bits per heavy atom. The van der Waals surface area contributed by atoms with Crippen LogP contribution in [0.4, 0.5) is 19.1 Å². The average Bonchev–Trinajstić information content (AvgIpc) is 3.14. The molecule has 1 unspecified atom stereocenters. The van der Waals surface area contributed by atoms with Crippen molar-refractivity contribution >= 4 is 29.0 Å². The highest BCUT2D eigenvalue weighted by Crippen LogP contribution is 2.63. The predicted octanol–water partition coefficient (Wildman–Crippen LogP) is 3.88. The lowest BCUT2D eigenvalue weighted by atomic mass is 9.90. The summed E-state index contributed by atoms with van der Waals surface area (Å²) in [4.78, 5) is 22.2. The van der Waals surface area contributed by atoms with E-state index in [9.17, 15) is 13.2 Å². The van der Waals surface area contributed by atoms with E-state index < -0.39 is 11.9 Å². The Balaban J connectivity index is 1.22. The van der Waals surface area contributed by atoms with Crippen molar-refractivity contribution in [2.24, 2.45) is 17.6 Å². The molecule has 0 radical (unpaired) electrons. The summed E-state index contributed by atoms with van der Waals surface area (Å²) in [6.07, 6.45) is -1.99. The van der Waals surface area contributed by atoms with E-state index in [0.717, 1.165) is 31.0 Å². The van der Waals surface area contributed by atoms with Crippen molar-refractivity contribution in [2.75, 3.05) is 24.5 Å². The summed E-state index contributed by atoms with van der Waals surface area (Å²) in [5.74, 6) is 1.57. The van der Waals surface area contributed by atoms with E-state index in [-0.39, 0.29) is 10.3 Å². The summed E-state index contributed by atoms with van der Waals surface area (Å²) in [7, 11) is 0. The van der Waals surface area contributed by atoms with E-state index in [1.54, 1.807) is 0 Å². The molecule has 174 valence electrons. The van der Waals surface area contributed by atoms with E-state index in [4.69, 9.17) is 5.73 Å². The zero-order valence-corrected chi connectivity index (χ0v) is 18.6. The van der Waals surface area contributed by atoms with Gasteiger partial charge in [0.05, 0.1) is 6.20 Å². The number of hydrogen-bond acceptors (Lipinski definition) is 7. The fourth-order valence-corrected chi connectivity index (χ4v) is 6.15. The van der Waals surface area contributed by atoms with Crippen molar-refractivity contribution in [1.82, 2.24) is 24.9 Å². The highest BCUT2D eigenvalue weighted by atomic mass is 32.2. The van der Waals surface area contributed by atoms with E-state index in [1.165, 1.54) is 23.9 Å². The number of nitrogens with two attached hydrogens (primary N) is 1. The SMILES string of the molecule is NCC1(c2ccccc2)[C@@H]2CN(c3nc4ncc(Sc5cccnc5C(F)(F)F)nc4[nH]3)C[C@@H]21. The molecule has 1 saturated heterocycles. The molecule has 6 rings (SSSR count). The third-order valence-corrected chi connectivity index (χ3v) is 7.86. The third kappa shape index (κ3) is 3.33. The van der Waals surface area contributed by atoms with E-state index in [2.05, 4.69) is 42.0 Å². The number of hydrogen-bond donors (Lipinski definition) is 2. The minimum absolute atomic E-state index is 0.0179. The first-order valence-corrected chi connectivity index (χ1v) is 11.6. The topological polar surface area (TPSA) is 96.6 Å². The van der Waals surface area contributed by atoms with Crippen molar-refractivity contribution in [2.45, 2.75) is 21.5 Å². The molecule has 0 bridgehead atoms. The summed E-state index contributed by atoms with van der Waals surface area (Å²) >= 11 is 0.874. The highest BCUT2D eigenvalue weighted by molar-refractivity contribution is 7.99. The number of aromatic amines is 1. The summed E-state index contributed by atoms with van der Waals surface area (Å²) in [6.45, 7) is 2.25. The molecule has 3 atom stereocenters. The maximum absolute atomic E-state index is 13.3. The van der Waals surface area contributed by atoms with Crippen molar-refractivity contribution in [3.8, 4) is 0 Å². The number of halogens is 3. The molecule has 2 aliphatic rings. The van der Waals surface area contributed by atoms with E-state index in [0.29, 0.717) is 40.6 Å². The molecule has 4 heterocycles. The molecule has 1 aliphatic carbocycles. The number of imidazole rings is 1. The van der Waals surface area contributed by atoms with Crippen molar-refractivity contribution < 1.29 is 13.2 Å². The van der Waals surface area contributed by atoms with Crippen LogP contribution in [0.3, 0.4) is 0 Å². The van der Waals surface area contributed by atoms with Gasteiger partial charge in [0, 0.05) is 36.1 Å². The summed E-state index contributed by atoms with van der Waals surface area (Å²) < 4.78 is 39.8. The smallest absolute Gasteiger partial charge is 0.342 e. The molecule has 3 aromatic heterocycles. The fourth-order valence-electron chi connectivity index (χ4n) is 5.27. The van der Waals surface area contributed by atoms with Crippen LogP contribution in [0, 0.1) is 11.8 Å². The summed E-state index contributed by atoms with van der Waals surface area (Å²) in [6, 6.07) is 13.2. The number of nitrogens with zero attached hydrogens (tertiary/aromatic N) is 5. The van der Waals surface area contributed by atoms with Gasteiger partial charge in [-0.15, -0.1) is 0 Å². The van der Waals surface area contributed by atoms with Crippen LogP contribution in [0.25, 0.3) is 11.3 Å². The molecule has 3 N–H and O–H groups in total. The first-order valence-electron chi connectivity index (χ1n) is 10.8. The Labute approximate surface area is 197 Å². The summed E-state index contributed by atoms with van der Waals surface area (Å²) in [5, 5.41) is 0.330. The maximum Gasteiger partial charge on any atom is 0.434 e. The largest absolute Gasteiger partial charge is 0.434 e. The Kier molecular flexibility index (Phi) is 4.82. The van der Waals surface area contributed by atoms with Gasteiger partial charge in [-0.2, -0.15) is 18.2 Å². The third-order valence-electron chi connectivity index (χ3n) is 6.91. The van der Waals surface area contributed by atoms with Gasteiger partial charge >= 0.3 is 6.18 Å². The fraction of sp³-hybridized carbons (Fsp3) is 0.304. The van der Waals surface area contributed by atoms with Gasteiger partial charge in [0.2, 0.25) is 5.95 Å². The minimum atomic E-state index is -4.54. The van der Waals surface area contributed by atoms with Crippen LogP contribution in [0.1, 0.15) is 11.3 Å². The van der Waals surface area contributed by atoms with Crippen LogP contribution in [0.15, 0.2) is 64.8 Å². The number of H-pyrrole nitrogens is 1. The molecule has 4 aromatic rings. The molecule has 0 amide bonds. The average molecular weight is 484 g/mol. The lowest BCUT2D eigenvalue weighted by molar-refractivity contribution is -0.143. The first kappa shape index (κ1) is 21.4. The lowest BCUT2D eigenvalue weighted by Gasteiger charge is -2.26. The molecular weight excluding hydrogens is 463 g/mol. The highest BCUT2D eigenvalue weighted by Gasteiger charge is 2.68. The second kappa shape index (κ2) is 7.67. The molecule has 1 aliphatic heterocycles. The van der Waals surface area contributed by atoms with Crippen LogP contribution in [0.2, 0.25) is 0 Å². The zero-order valence-electron chi connectivity index (χ0n) is 17.8. The molecule has 1 aromatic carbocycles. The zero-order chi connectivity index (χ0) is 23.5. The van der Waals surface area contributed by atoms with Gasteiger partial charge in [0.15, 0.2) is 17.0 Å². The van der Waals surface area contributed by atoms with Crippen LogP contribution in [0.5, 0.6) is 0 Å². The normalized spacial score (nSPS) is 23.9. The second-order valence-corrected chi connectivity index (χ2v) is 9.68. The molecule has 11 heteroatoms. The Bertz CT molecular complexity index is 1350. The van der Waals surface area contributed by atoms with Gasteiger partial charge in [0.25, 0.3) is 0 Å². The number of anilines is 1. The van der Waals surface area contributed by atoms with Gasteiger partial charge in [-0.3, -0.25) is 4.98 Å². The van der Waals surface area contributed by atoms with Crippen LogP contribution in [-0.4, -0.2) is 44.6 Å². The number of aromatic nitrogens is 5. The second-order valence-electron chi connectivity index (χ2n) is 8.62. The summed E-state index contributed by atoms with van der Waals surface area (Å²) in [5.41, 5.74) is 7.44. The first-order chi connectivity index (χ1) is 16.4. The molecule has 1 saturated carbocycles. The number of alkyl halides is 3. The standard InChI is InChI=1S/C23H20F3N7S/c24-23(25,26)18-16(7-4-8-28-18)34-17-9-29-19-20(30-17)32-21(31-19)33-10-14-15(11-33)22(14,12-27)13-5-2-1-3-6-13/h1-9,14-15H,10-12,27H2,(H,29,30,31,32)/t14-,15+,22?. The molecule has 0 spiro atoms. The number of pyridine rings is 1. The Morgan fingerprint density at radius 2 is 1.82 bits per heavy atom. The van der Waals surface area contributed by atoms with Crippen molar-refractivity contribution in [3.05, 3.63) is 66.1 Å². The van der Waals surface area contributed by atoms with Crippen LogP contribution in [-0.2, 0) is 11.6 Å². The van der Waals surface area contributed by atoms with E-state index in [1.807, 2.05) is 18.2 Å². The Hall–Kier alpha value is -3.18.